The molecular formula is C25H26N4O3S. The molecule has 7 nitrogen and oxygen atoms in total. The number of hydrogen-bond donors (Lipinski definition) is 1. The van der Waals surface area contributed by atoms with E-state index in [1.54, 1.807) is 13.2 Å². The first-order valence-corrected chi connectivity index (χ1v) is 11.6. The third kappa shape index (κ3) is 6.20. The number of benzene rings is 2. The van der Waals surface area contributed by atoms with Gasteiger partial charge in [-0.2, -0.15) is 0 Å². The van der Waals surface area contributed by atoms with Gasteiger partial charge in [-0.15, -0.1) is 11.3 Å². The number of rotatable bonds is 7. The van der Waals surface area contributed by atoms with Crippen molar-refractivity contribution in [3.05, 3.63) is 77.3 Å². The molecule has 0 bridgehead atoms. The molecule has 0 aliphatic carbocycles. The fourth-order valence-electron chi connectivity index (χ4n) is 3.62. The number of amides is 2. The van der Waals surface area contributed by atoms with Crippen molar-refractivity contribution in [1.82, 2.24) is 9.88 Å². The SMILES string of the molecule is COc1cccc(N2CCN(C(=O)Cc3csc(NC(=O)/C=C/c4ccccc4)n3)CC2)c1. The molecule has 3 aromatic rings. The lowest BCUT2D eigenvalue weighted by atomic mass is 10.2. The highest BCUT2D eigenvalue weighted by molar-refractivity contribution is 7.14. The van der Waals surface area contributed by atoms with Gasteiger partial charge in [-0.3, -0.25) is 14.9 Å². The van der Waals surface area contributed by atoms with Crippen LogP contribution >= 0.6 is 11.3 Å². The van der Waals surface area contributed by atoms with Gasteiger partial charge in [-0.25, -0.2) is 4.98 Å². The summed E-state index contributed by atoms with van der Waals surface area (Å²) in [5.74, 6) is 0.625. The van der Waals surface area contributed by atoms with Crippen LogP contribution in [0.5, 0.6) is 5.75 Å². The highest BCUT2D eigenvalue weighted by atomic mass is 32.1. The van der Waals surface area contributed by atoms with Gasteiger partial charge in [0.25, 0.3) is 0 Å². The maximum Gasteiger partial charge on any atom is 0.250 e. The van der Waals surface area contributed by atoms with Crippen molar-refractivity contribution in [3.63, 3.8) is 0 Å². The molecule has 1 fully saturated rings. The van der Waals surface area contributed by atoms with Crippen molar-refractivity contribution in [2.24, 2.45) is 0 Å². The summed E-state index contributed by atoms with van der Waals surface area (Å²) >= 11 is 1.32. The monoisotopic (exact) mass is 462 g/mol. The Morgan fingerprint density at radius 3 is 2.64 bits per heavy atom. The molecule has 33 heavy (non-hydrogen) atoms. The van der Waals surface area contributed by atoms with Crippen molar-refractivity contribution < 1.29 is 14.3 Å². The Labute approximate surface area is 197 Å². The number of piperazine rings is 1. The summed E-state index contributed by atoms with van der Waals surface area (Å²) in [4.78, 5) is 33.4. The fraction of sp³-hybridized carbons (Fsp3) is 0.240. The Morgan fingerprint density at radius 1 is 1.09 bits per heavy atom. The lowest BCUT2D eigenvalue weighted by Crippen LogP contribution is -2.49. The van der Waals surface area contributed by atoms with Crippen LogP contribution in [-0.2, 0) is 16.0 Å². The van der Waals surface area contributed by atoms with Crippen molar-refractivity contribution in [2.45, 2.75) is 6.42 Å². The number of carbonyl (C=O) groups is 2. The summed E-state index contributed by atoms with van der Waals surface area (Å²) in [7, 11) is 1.66. The molecule has 0 radical (unpaired) electrons. The predicted octanol–water partition coefficient (Wildman–Crippen LogP) is 3.69. The first-order chi connectivity index (χ1) is 16.1. The molecule has 1 aromatic heterocycles. The predicted molar refractivity (Wildman–Crippen MR) is 132 cm³/mol. The van der Waals surface area contributed by atoms with E-state index in [0.29, 0.717) is 23.9 Å². The standard InChI is InChI=1S/C25H26N4O3S/c1-32-22-9-5-8-21(17-22)28-12-14-29(15-13-28)24(31)16-20-18-33-25(26-20)27-23(30)11-10-19-6-3-2-4-7-19/h2-11,17-18H,12-16H2,1H3,(H,26,27,30)/b11-10+. The van der Waals surface area contributed by atoms with Crippen molar-refractivity contribution >= 4 is 40.0 Å². The number of nitrogens with one attached hydrogen (secondary N) is 1. The summed E-state index contributed by atoms with van der Waals surface area (Å²) in [5.41, 5.74) is 2.72. The van der Waals surface area contributed by atoms with Gasteiger partial charge in [0.05, 0.1) is 19.2 Å². The minimum atomic E-state index is -0.250. The number of aromatic nitrogens is 1. The van der Waals surface area contributed by atoms with Gasteiger partial charge in [0.15, 0.2) is 5.13 Å². The Hall–Kier alpha value is -3.65. The molecule has 1 saturated heterocycles. The van der Waals surface area contributed by atoms with E-state index in [9.17, 15) is 9.59 Å². The van der Waals surface area contributed by atoms with E-state index < -0.39 is 0 Å². The second-order valence-electron chi connectivity index (χ2n) is 7.62. The molecular weight excluding hydrogens is 436 g/mol. The molecule has 2 amide bonds. The third-order valence-corrected chi connectivity index (χ3v) is 6.20. The van der Waals surface area contributed by atoms with Crippen molar-refractivity contribution in [1.29, 1.82) is 0 Å². The molecule has 0 spiro atoms. The van der Waals surface area contributed by atoms with Gasteiger partial charge >= 0.3 is 0 Å². The molecule has 2 heterocycles. The molecule has 1 N–H and O–H groups in total. The average molecular weight is 463 g/mol. The summed E-state index contributed by atoms with van der Waals surface area (Å²) in [6.07, 6.45) is 3.45. The zero-order chi connectivity index (χ0) is 23.0. The van der Waals surface area contributed by atoms with E-state index in [2.05, 4.69) is 21.3 Å². The average Bonchev–Trinajstić information content (AvgIpc) is 3.30. The zero-order valence-corrected chi connectivity index (χ0v) is 19.3. The third-order valence-electron chi connectivity index (χ3n) is 5.39. The zero-order valence-electron chi connectivity index (χ0n) is 18.4. The number of ether oxygens (including phenoxy) is 1. The number of thiazole rings is 1. The van der Waals surface area contributed by atoms with Crippen LogP contribution in [0, 0.1) is 0 Å². The lowest BCUT2D eigenvalue weighted by molar-refractivity contribution is -0.130. The topological polar surface area (TPSA) is 74.8 Å². The second-order valence-corrected chi connectivity index (χ2v) is 8.48. The van der Waals surface area contributed by atoms with E-state index >= 15 is 0 Å². The van der Waals surface area contributed by atoms with Crippen LogP contribution in [0.4, 0.5) is 10.8 Å². The van der Waals surface area contributed by atoms with Crippen molar-refractivity contribution in [3.8, 4) is 5.75 Å². The molecule has 0 atom stereocenters. The smallest absolute Gasteiger partial charge is 0.250 e. The van der Waals surface area contributed by atoms with E-state index in [-0.39, 0.29) is 18.2 Å². The summed E-state index contributed by atoms with van der Waals surface area (Å²) < 4.78 is 5.30. The number of carbonyl (C=O) groups excluding carboxylic acids is 2. The lowest BCUT2D eigenvalue weighted by Gasteiger charge is -2.36. The molecule has 170 valence electrons. The maximum atomic E-state index is 12.8. The summed E-state index contributed by atoms with van der Waals surface area (Å²) in [6.45, 7) is 2.86. The molecule has 8 heteroatoms. The normalized spacial score (nSPS) is 13.8. The number of nitrogens with zero attached hydrogens (tertiary/aromatic N) is 3. The van der Waals surface area contributed by atoms with Crippen LogP contribution in [0.2, 0.25) is 0 Å². The number of anilines is 2. The summed E-state index contributed by atoms with van der Waals surface area (Å²) in [5, 5.41) is 5.07. The van der Waals surface area contributed by atoms with Gasteiger partial charge < -0.3 is 14.5 Å². The van der Waals surface area contributed by atoms with E-state index in [0.717, 1.165) is 30.1 Å². The Morgan fingerprint density at radius 2 is 1.88 bits per heavy atom. The quantitative estimate of drug-likeness (QED) is 0.542. The Bertz CT molecular complexity index is 1120. The van der Waals surface area contributed by atoms with Crippen LogP contribution in [0.3, 0.4) is 0 Å². The first-order valence-electron chi connectivity index (χ1n) is 10.8. The van der Waals surface area contributed by atoms with Crippen LogP contribution < -0.4 is 15.0 Å². The number of methoxy groups -OCH3 is 1. The van der Waals surface area contributed by atoms with Gasteiger partial charge in [0.2, 0.25) is 11.8 Å². The fourth-order valence-corrected chi connectivity index (χ4v) is 4.33. The van der Waals surface area contributed by atoms with Crippen LogP contribution in [0.1, 0.15) is 11.3 Å². The minimum Gasteiger partial charge on any atom is -0.497 e. The highest BCUT2D eigenvalue weighted by Crippen LogP contribution is 2.22. The Kier molecular flexibility index (Phi) is 7.36. The second kappa shape index (κ2) is 10.8. The van der Waals surface area contributed by atoms with Crippen LogP contribution in [0.15, 0.2) is 66.1 Å². The van der Waals surface area contributed by atoms with Crippen LogP contribution in [0.25, 0.3) is 6.08 Å². The number of hydrogen-bond acceptors (Lipinski definition) is 6. The minimum absolute atomic E-state index is 0.0486. The molecule has 1 aliphatic rings. The Balaban J connectivity index is 1.26. The van der Waals surface area contributed by atoms with Gasteiger partial charge in [-0.05, 0) is 23.8 Å². The van der Waals surface area contributed by atoms with Gasteiger partial charge in [0.1, 0.15) is 5.75 Å². The van der Waals surface area contributed by atoms with E-state index in [1.165, 1.54) is 17.4 Å². The van der Waals surface area contributed by atoms with Crippen molar-refractivity contribution in [2.75, 3.05) is 43.5 Å². The van der Waals surface area contributed by atoms with Gasteiger partial charge in [0, 0.05) is 49.4 Å². The highest BCUT2D eigenvalue weighted by Gasteiger charge is 2.22. The van der Waals surface area contributed by atoms with E-state index in [1.807, 2.05) is 58.8 Å². The molecule has 0 unspecified atom stereocenters. The largest absolute Gasteiger partial charge is 0.497 e. The van der Waals surface area contributed by atoms with E-state index in [4.69, 9.17) is 4.74 Å². The first kappa shape index (κ1) is 22.5. The molecule has 0 saturated carbocycles. The molecule has 4 rings (SSSR count). The summed E-state index contributed by atoms with van der Waals surface area (Å²) in [6, 6.07) is 17.6. The molecule has 1 aliphatic heterocycles. The molecule has 2 aromatic carbocycles. The van der Waals surface area contributed by atoms with Crippen LogP contribution in [-0.4, -0.2) is 55.0 Å². The van der Waals surface area contributed by atoms with Gasteiger partial charge in [-0.1, -0.05) is 36.4 Å². The maximum absolute atomic E-state index is 12.8.